The van der Waals surface area contributed by atoms with Crippen molar-refractivity contribution in [2.45, 2.75) is 40.7 Å². The van der Waals surface area contributed by atoms with Crippen LogP contribution < -0.4 is 20.6 Å². The van der Waals surface area contributed by atoms with Crippen LogP contribution in [0.25, 0.3) is 12.2 Å². The topological polar surface area (TPSA) is 71.5 Å². The number of aromatic nitrogens is 1. The van der Waals surface area contributed by atoms with Gasteiger partial charge in [-0.15, -0.1) is 0 Å². The van der Waals surface area contributed by atoms with Gasteiger partial charge in [-0.1, -0.05) is 81.5 Å². The molecule has 1 aromatic carbocycles. The fourth-order valence-electron chi connectivity index (χ4n) is 3.40. The van der Waals surface area contributed by atoms with Crippen LogP contribution in [-0.2, 0) is 6.61 Å². The Kier molecular flexibility index (Phi) is 8.25. The second-order valence-electron chi connectivity index (χ2n) is 8.97. The number of hydrogen-bond acceptors (Lipinski definition) is 4. The number of carbonyl (C=O) groups excluding carboxylic acids is 1. The van der Waals surface area contributed by atoms with Gasteiger partial charge in [-0.05, 0) is 42.0 Å². The quantitative estimate of drug-likeness (QED) is 0.461. The fourth-order valence-corrected chi connectivity index (χ4v) is 3.40. The maximum Gasteiger partial charge on any atom is 0.261 e. The van der Waals surface area contributed by atoms with Crippen LogP contribution in [-0.4, -0.2) is 16.0 Å². The van der Waals surface area contributed by atoms with Crippen LogP contribution in [0.5, 0.6) is 5.75 Å². The van der Waals surface area contributed by atoms with Crippen LogP contribution in [0.2, 0.25) is 0 Å². The number of hydrogen-bond donors (Lipinski definition) is 2. The number of nitrogens with zero attached hydrogens (tertiary/aromatic N) is 1. The van der Waals surface area contributed by atoms with Crippen molar-refractivity contribution in [3.05, 3.63) is 106 Å². The number of aliphatic hydroxyl groups excluding tert-OH is 1. The molecular weight excluding hydrogens is 424 g/mol. The second-order valence-corrected chi connectivity index (χ2v) is 8.97. The zero-order valence-electron chi connectivity index (χ0n) is 20.2. The molecule has 5 heteroatoms. The number of allylic oxidation sites excluding steroid dienone is 6. The Morgan fingerprint density at radius 2 is 1.97 bits per heavy atom. The Morgan fingerprint density at radius 3 is 2.65 bits per heavy atom. The molecule has 176 valence electrons. The molecule has 0 unspecified atom stereocenters. The van der Waals surface area contributed by atoms with Gasteiger partial charge in [0.1, 0.15) is 17.9 Å². The smallest absolute Gasteiger partial charge is 0.261 e. The molecule has 1 aliphatic rings. The van der Waals surface area contributed by atoms with Gasteiger partial charge in [-0.25, -0.2) is 0 Å². The van der Waals surface area contributed by atoms with E-state index in [1.807, 2.05) is 82.3 Å². The SMILES string of the molecule is C\C=C(/C=C\C(=C\O)C(C)(C)C)NC(=O)c1cnc2c(c1OCc1ccccc1)=CCC=CC=2. The van der Waals surface area contributed by atoms with Gasteiger partial charge in [0, 0.05) is 17.1 Å². The van der Waals surface area contributed by atoms with Gasteiger partial charge in [0.05, 0.1) is 11.6 Å². The van der Waals surface area contributed by atoms with Crippen molar-refractivity contribution in [2.24, 2.45) is 5.41 Å². The Balaban J connectivity index is 1.93. The number of pyridine rings is 1. The maximum absolute atomic E-state index is 13.3. The van der Waals surface area contributed by atoms with E-state index in [0.29, 0.717) is 23.6 Å². The number of nitrogens with one attached hydrogen (secondary N) is 1. The Hall–Kier alpha value is -3.86. The molecule has 1 amide bonds. The zero-order valence-corrected chi connectivity index (χ0v) is 20.2. The molecule has 5 nitrogen and oxygen atoms in total. The van der Waals surface area contributed by atoms with Crippen LogP contribution in [0.3, 0.4) is 0 Å². The van der Waals surface area contributed by atoms with Crippen molar-refractivity contribution in [3.63, 3.8) is 0 Å². The highest BCUT2D eigenvalue weighted by atomic mass is 16.5. The van der Waals surface area contributed by atoms with E-state index in [2.05, 4.69) is 10.3 Å². The largest absolute Gasteiger partial charge is 0.515 e. The predicted octanol–water partition coefficient (Wildman–Crippen LogP) is 4.86. The van der Waals surface area contributed by atoms with Crippen molar-refractivity contribution < 1.29 is 14.6 Å². The van der Waals surface area contributed by atoms with Gasteiger partial charge >= 0.3 is 0 Å². The number of rotatable bonds is 7. The molecule has 0 aliphatic heterocycles. The molecule has 2 N–H and O–H groups in total. The van der Waals surface area contributed by atoms with Crippen LogP contribution >= 0.6 is 0 Å². The van der Waals surface area contributed by atoms with Crippen LogP contribution in [0.4, 0.5) is 0 Å². The summed E-state index contributed by atoms with van der Waals surface area (Å²) in [5, 5.41) is 14.1. The zero-order chi connectivity index (χ0) is 24.6. The van der Waals surface area contributed by atoms with E-state index in [0.717, 1.165) is 34.4 Å². The first-order valence-corrected chi connectivity index (χ1v) is 11.4. The molecule has 0 saturated carbocycles. The van der Waals surface area contributed by atoms with E-state index in [1.165, 1.54) is 0 Å². The predicted molar refractivity (Wildman–Crippen MR) is 137 cm³/mol. The number of carbonyl (C=O) groups is 1. The average molecular weight is 457 g/mol. The summed E-state index contributed by atoms with van der Waals surface area (Å²) in [5.74, 6) is 0.198. The van der Waals surface area contributed by atoms with Crippen molar-refractivity contribution in [1.82, 2.24) is 10.3 Å². The fraction of sp³-hybridized carbons (Fsp3) is 0.241. The normalized spacial score (nSPS) is 14.1. The third kappa shape index (κ3) is 6.35. The van der Waals surface area contributed by atoms with Crippen molar-refractivity contribution in [2.75, 3.05) is 0 Å². The number of amides is 1. The molecule has 1 aliphatic carbocycles. The lowest BCUT2D eigenvalue weighted by atomic mass is 9.87. The van der Waals surface area contributed by atoms with E-state index in [9.17, 15) is 9.90 Å². The molecule has 0 spiro atoms. The Labute approximate surface area is 201 Å². The van der Waals surface area contributed by atoms with E-state index in [-0.39, 0.29) is 11.3 Å². The highest BCUT2D eigenvalue weighted by Crippen LogP contribution is 2.26. The standard InChI is InChI=1S/C29H32N2O3/c1-5-23(17-16-22(19-32)29(2,3)4)31-28(33)25-18-30-26-15-11-7-10-14-24(26)27(25)34-20-21-12-8-6-9-13-21/h5-9,11-19,32H,10,20H2,1-4H3,(H,31,33)/b17-16-,22-19-,23-5+. The van der Waals surface area contributed by atoms with E-state index in [4.69, 9.17) is 4.74 Å². The first kappa shape index (κ1) is 24.8. The summed E-state index contributed by atoms with van der Waals surface area (Å²) in [6.45, 7) is 8.20. The minimum absolute atomic E-state index is 0.228. The van der Waals surface area contributed by atoms with Crippen LogP contribution in [0.1, 0.15) is 50.0 Å². The van der Waals surface area contributed by atoms with Gasteiger partial charge in [0.2, 0.25) is 0 Å². The van der Waals surface area contributed by atoms with Crippen LogP contribution in [0, 0.1) is 5.41 Å². The van der Waals surface area contributed by atoms with Crippen molar-refractivity contribution >= 4 is 18.1 Å². The van der Waals surface area contributed by atoms with E-state index in [1.54, 1.807) is 24.4 Å². The van der Waals surface area contributed by atoms with E-state index >= 15 is 0 Å². The van der Waals surface area contributed by atoms with Gasteiger partial charge < -0.3 is 15.2 Å². The van der Waals surface area contributed by atoms with Gasteiger partial charge in [-0.3, -0.25) is 9.78 Å². The molecule has 1 heterocycles. The number of aliphatic hydroxyl groups is 1. The monoisotopic (exact) mass is 456 g/mol. The molecule has 0 saturated heterocycles. The summed E-state index contributed by atoms with van der Waals surface area (Å²) < 4.78 is 6.21. The van der Waals surface area contributed by atoms with Crippen LogP contribution in [0.15, 0.2) is 84.4 Å². The molecule has 3 rings (SSSR count). The van der Waals surface area contributed by atoms with Gasteiger partial charge in [-0.2, -0.15) is 0 Å². The first-order chi connectivity index (χ1) is 16.3. The van der Waals surface area contributed by atoms with E-state index < -0.39 is 0 Å². The first-order valence-electron chi connectivity index (χ1n) is 11.4. The summed E-state index contributed by atoms with van der Waals surface area (Å²) in [7, 11) is 0. The molecule has 34 heavy (non-hydrogen) atoms. The minimum atomic E-state index is -0.313. The van der Waals surface area contributed by atoms with Gasteiger partial charge in [0.25, 0.3) is 5.91 Å². The number of fused-ring (bicyclic) bond motifs is 1. The molecular formula is C29H32N2O3. The average Bonchev–Trinajstić information content (AvgIpc) is 3.07. The lowest BCUT2D eigenvalue weighted by Gasteiger charge is -2.19. The Morgan fingerprint density at radius 1 is 1.21 bits per heavy atom. The summed E-state index contributed by atoms with van der Waals surface area (Å²) in [6.07, 6.45) is 16.7. The van der Waals surface area contributed by atoms with Crippen molar-refractivity contribution in [3.8, 4) is 5.75 Å². The summed E-state index contributed by atoms with van der Waals surface area (Å²) in [5.41, 5.74) is 2.50. The molecule has 2 aromatic rings. The number of ether oxygens (including phenoxy) is 1. The second kappa shape index (κ2) is 11.3. The molecule has 0 bridgehead atoms. The third-order valence-corrected chi connectivity index (χ3v) is 5.43. The summed E-state index contributed by atoms with van der Waals surface area (Å²) >= 11 is 0. The highest BCUT2D eigenvalue weighted by molar-refractivity contribution is 5.98. The maximum atomic E-state index is 13.3. The minimum Gasteiger partial charge on any atom is -0.515 e. The summed E-state index contributed by atoms with van der Waals surface area (Å²) in [6, 6.07) is 9.85. The molecule has 0 fully saturated rings. The molecule has 0 radical (unpaired) electrons. The number of benzene rings is 1. The lowest BCUT2D eigenvalue weighted by Crippen LogP contribution is -2.33. The van der Waals surface area contributed by atoms with Crippen molar-refractivity contribution in [1.29, 1.82) is 0 Å². The molecule has 0 atom stereocenters. The summed E-state index contributed by atoms with van der Waals surface area (Å²) in [4.78, 5) is 17.8. The Bertz CT molecular complexity index is 1260. The molecule has 1 aromatic heterocycles. The third-order valence-electron chi connectivity index (χ3n) is 5.43. The lowest BCUT2D eigenvalue weighted by molar-refractivity contribution is 0.0962. The highest BCUT2D eigenvalue weighted by Gasteiger charge is 2.18. The van der Waals surface area contributed by atoms with Gasteiger partial charge in [0.15, 0.2) is 0 Å².